The van der Waals surface area contributed by atoms with Gasteiger partial charge in [-0.2, -0.15) is 0 Å². The van der Waals surface area contributed by atoms with Crippen LogP contribution in [0, 0.1) is 5.92 Å². The molecule has 3 unspecified atom stereocenters. The van der Waals surface area contributed by atoms with E-state index in [1.54, 1.807) is 0 Å². The molecule has 1 aromatic carbocycles. The number of nitrogens with zero attached hydrogens (tertiary/aromatic N) is 1. The molecule has 0 aliphatic carbocycles. The number of carbonyl (C=O) groups is 2. The Kier molecular flexibility index (Phi) is 10.0. The molecule has 2 amide bonds. The van der Waals surface area contributed by atoms with Gasteiger partial charge in [0.1, 0.15) is 0 Å². The number of nitrogens with one attached hydrogen (secondary N) is 2. The van der Waals surface area contributed by atoms with Gasteiger partial charge < -0.3 is 20.9 Å². The molecule has 2 saturated heterocycles. The van der Waals surface area contributed by atoms with Crippen LogP contribution in [0.3, 0.4) is 0 Å². The van der Waals surface area contributed by atoms with Crippen molar-refractivity contribution in [3.63, 3.8) is 0 Å². The van der Waals surface area contributed by atoms with Gasteiger partial charge in [-0.05, 0) is 68.7 Å². The number of hydrogen-bond acceptors (Lipinski definition) is 3. The Labute approximate surface area is 198 Å². The summed E-state index contributed by atoms with van der Waals surface area (Å²) in [7, 11) is 0. The molecule has 0 spiro atoms. The average molecular weight is 453 g/mol. The second-order valence-corrected chi connectivity index (χ2v) is 9.36. The van der Waals surface area contributed by atoms with Crippen LogP contribution in [0.2, 0.25) is 0 Å². The van der Waals surface area contributed by atoms with Crippen molar-refractivity contribution in [1.82, 2.24) is 15.2 Å². The number of nitrogens with two attached hydrogens (primary N) is 1. The third-order valence-electron chi connectivity index (χ3n) is 6.74. The molecule has 1 aromatic heterocycles. The summed E-state index contributed by atoms with van der Waals surface area (Å²) in [4.78, 5) is 22.1. The van der Waals surface area contributed by atoms with Crippen molar-refractivity contribution in [3.05, 3.63) is 59.9 Å². The number of aromatic nitrogens is 1. The molecule has 3 heterocycles. The lowest BCUT2D eigenvalue weighted by Crippen LogP contribution is -2.28. The van der Waals surface area contributed by atoms with E-state index in [0.717, 1.165) is 58.0 Å². The normalized spacial score (nSPS) is 20.7. The smallest absolute Gasteiger partial charge is 0.220 e. The Morgan fingerprint density at radius 2 is 1.70 bits per heavy atom. The monoisotopic (exact) mass is 452 g/mol. The van der Waals surface area contributed by atoms with E-state index in [4.69, 9.17) is 5.73 Å². The molecule has 0 radical (unpaired) electrons. The first-order valence-electron chi connectivity index (χ1n) is 12.5. The summed E-state index contributed by atoms with van der Waals surface area (Å²) >= 11 is 0. The molecule has 2 aromatic rings. The molecule has 180 valence electrons. The van der Waals surface area contributed by atoms with Crippen molar-refractivity contribution in [2.24, 2.45) is 11.7 Å². The van der Waals surface area contributed by atoms with Crippen molar-refractivity contribution < 1.29 is 9.59 Å². The number of benzene rings is 1. The molecule has 6 nitrogen and oxygen atoms in total. The summed E-state index contributed by atoms with van der Waals surface area (Å²) in [6.07, 6.45) is 11.0. The Bertz CT molecular complexity index is 864. The van der Waals surface area contributed by atoms with E-state index in [-0.39, 0.29) is 11.8 Å². The van der Waals surface area contributed by atoms with Gasteiger partial charge in [0.25, 0.3) is 0 Å². The summed E-state index contributed by atoms with van der Waals surface area (Å²) in [5.74, 6) is 1.04. The van der Waals surface area contributed by atoms with Gasteiger partial charge >= 0.3 is 0 Å². The molecule has 4 N–H and O–H groups in total. The van der Waals surface area contributed by atoms with E-state index in [2.05, 4.69) is 70.8 Å². The van der Waals surface area contributed by atoms with Gasteiger partial charge in [0, 0.05) is 43.4 Å². The second-order valence-electron chi connectivity index (χ2n) is 9.36. The molecule has 3 atom stereocenters. The van der Waals surface area contributed by atoms with Gasteiger partial charge in [-0.15, -0.1) is 0 Å². The Morgan fingerprint density at radius 3 is 2.30 bits per heavy atom. The summed E-state index contributed by atoms with van der Waals surface area (Å²) in [6.45, 7) is 3.91. The van der Waals surface area contributed by atoms with Gasteiger partial charge in [-0.1, -0.05) is 43.7 Å². The summed E-state index contributed by atoms with van der Waals surface area (Å²) in [5.41, 5.74) is 8.06. The van der Waals surface area contributed by atoms with Crippen molar-refractivity contribution in [3.8, 4) is 0 Å². The average Bonchev–Trinajstić information content (AvgIpc) is 3.55. The topological polar surface area (TPSA) is 89.2 Å². The van der Waals surface area contributed by atoms with Crippen LogP contribution in [-0.2, 0) is 22.6 Å². The van der Waals surface area contributed by atoms with Crippen LogP contribution in [0.25, 0.3) is 0 Å². The van der Waals surface area contributed by atoms with Crippen LogP contribution in [-0.4, -0.2) is 35.0 Å². The van der Waals surface area contributed by atoms with E-state index in [1.807, 2.05) is 0 Å². The van der Waals surface area contributed by atoms with Crippen molar-refractivity contribution in [2.75, 3.05) is 6.54 Å². The maximum absolute atomic E-state index is 11.4. The highest BCUT2D eigenvalue weighted by Gasteiger charge is 2.24. The molecule has 0 bridgehead atoms. The van der Waals surface area contributed by atoms with Crippen LogP contribution in [0.5, 0.6) is 0 Å². The summed E-state index contributed by atoms with van der Waals surface area (Å²) < 4.78 is 2.35. The fourth-order valence-electron chi connectivity index (χ4n) is 4.77. The minimum absolute atomic E-state index is 0.196. The molecular weight excluding hydrogens is 412 g/mol. The Morgan fingerprint density at radius 1 is 1.00 bits per heavy atom. The van der Waals surface area contributed by atoms with Crippen LogP contribution < -0.4 is 16.4 Å². The van der Waals surface area contributed by atoms with E-state index in [1.165, 1.54) is 11.3 Å². The summed E-state index contributed by atoms with van der Waals surface area (Å²) in [5, 5.41) is 6.00. The minimum Gasteiger partial charge on any atom is -0.353 e. The highest BCUT2D eigenvalue weighted by Crippen LogP contribution is 2.22. The fraction of sp³-hybridized carbons (Fsp3) is 0.556. The first-order valence-corrected chi connectivity index (χ1v) is 12.5. The van der Waals surface area contributed by atoms with E-state index < -0.39 is 0 Å². The summed E-state index contributed by atoms with van der Waals surface area (Å²) in [6, 6.07) is 15.8. The van der Waals surface area contributed by atoms with Gasteiger partial charge in [0.05, 0.1) is 0 Å². The number of rotatable bonds is 10. The molecule has 2 aliphatic heterocycles. The molecule has 33 heavy (non-hydrogen) atoms. The highest BCUT2D eigenvalue weighted by atomic mass is 16.2. The lowest BCUT2D eigenvalue weighted by Gasteiger charge is -2.20. The predicted molar refractivity (Wildman–Crippen MR) is 133 cm³/mol. The Hall–Kier alpha value is -2.60. The second kappa shape index (κ2) is 13.2. The Balaban J connectivity index is 0.000000257. The van der Waals surface area contributed by atoms with Crippen molar-refractivity contribution in [1.29, 1.82) is 0 Å². The van der Waals surface area contributed by atoms with Crippen LogP contribution in [0.15, 0.2) is 48.7 Å². The number of hydrogen-bond donors (Lipinski definition) is 3. The molecule has 6 heteroatoms. The zero-order valence-electron chi connectivity index (χ0n) is 20.0. The molecular formula is C27H40N4O2. The SMILES string of the molecule is CCC(Cc1cccn1Cc1ccccc1)CC1CCC(=O)N1.NCCCC1CCC(=O)N1. The van der Waals surface area contributed by atoms with Crippen LogP contribution in [0.1, 0.15) is 69.5 Å². The van der Waals surface area contributed by atoms with E-state index in [9.17, 15) is 9.59 Å². The number of amides is 2. The molecule has 0 saturated carbocycles. The predicted octanol–water partition coefficient (Wildman–Crippen LogP) is 3.78. The maximum atomic E-state index is 11.4. The number of carbonyl (C=O) groups excluding carboxylic acids is 2. The van der Waals surface area contributed by atoms with Crippen molar-refractivity contribution >= 4 is 11.8 Å². The van der Waals surface area contributed by atoms with Crippen molar-refractivity contribution in [2.45, 2.75) is 83.3 Å². The first-order chi connectivity index (χ1) is 16.1. The third kappa shape index (κ3) is 8.35. The zero-order valence-corrected chi connectivity index (χ0v) is 20.0. The van der Waals surface area contributed by atoms with Gasteiger partial charge in [0.2, 0.25) is 11.8 Å². The first kappa shape index (κ1) is 25.0. The van der Waals surface area contributed by atoms with Gasteiger partial charge in [-0.3, -0.25) is 9.59 Å². The fourth-order valence-corrected chi connectivity index (χ4v) is 4.77. The quantitative estimate of drug-likeness (QED) is 0.513. The standard InChI is InChI=1S/C20H26N2O.C7H14N2O/c1-2-16(13-18-10-11-20(23)21-18)14-19-9-6-12-22(19)15-17-7-4-3-5-8-17;8-5-1-2-6-3-4-7(10)9-6/h3-9,12,16,18H,2,10-11,13-15H2,1H3,(H,21,23);6H,1-5,8H2,(H,9,10). The van der Waals surface area contributed by atoms with Gasteiger partial charge in [0.15, 0.2) is 0 Å². The maximum Gasteiger partial charge on any atom is 0.220 e. The zero-order chi connectivity index (χ0) is 23.5. The lowest BCUT2D eigenvalue weighted by atomic mass is 9.92. The van der Waals surface area contributed by atoms with Gasteiger partial charge in [-0.25, -0.2) is 0 Å². The van der Waals surface area contributed by atoms with E-state index >= 15 is 0 Å². The largest absolute Gasteiger partial charge is 0.353 e. The minimum atomic E-state index is 0.196. The molecule has 2 fully saturated rings. The van der Waals surface area contributed by atoms with Crippen LogP contribution >= 0.6 is 0 Å². The van der Waals surface area contributed by atoms with Crippen LogP contribution in [0.4, 0.5) is 0 Å². The molecule has 2 aliphatic rings. The lowest BCUT2D eigenvalue weighted by molar-refractivity contribution is -0.120. The third-order valence-corrected chi connectivity index (χ3v) is 6.74. The van der Waals surface area contributed by atoms with E-state index in [0.29, 0.717) is 30.8 Å². The molecule has 4 rings (SSSR count). The highest BCUT2D eigenvalue weighted by molar-refractivity contribution is 5.78.